The van der Waals surface area contributed by atoms with Crippen molar-refractivity contribution in [3.8, 4) is 0 Å². The fraction of sp³-hybridized carbons (Fsp3) is 0.833. The van der Waals surface area contributed by atoms with Gasteiger partial charge in [-0.3, -0.25) is 0 Å². The molecule has 0 aliphatic heterocycles. The molecule has 0 aliphatic rings. The van der Waals surface area contributed by atoms with Crippen molar-refractivity contribution < 1.29 is 0 Å². The van der Waals surface area contributed by atoms with E-state index in [-0.39, 0.29) is 0 Å². The molecule has 0 fully saturated rings. The van der Waals surface area contributed by atoms with Crippen LogP contribution in [0.1, 0.15) is 26.7 Å². The Bertz CT molecular complexity index is 11.7. The molecule has 0 aromatic rings. The smallest absolute Gasteiger partial charge is 0.0195 e. The van der Waals surface area contributed by atoms with E-state index in [2.05, 4.69) is 13.8 Å². The summed E-state index contributed by atoms with van der Waals surface area (Å²) >= 11 is 5.00. The van der Waals surface area contributed by atoms with Gasteiger partial charge in [0, 0.05) is 5.88 Å². The third-order valence-electron chi connectivity index (χ3n) is 0.354. The molecule has 0 saturated carbocycles. The van der Waals surface area contributed by atoms with E-state index in [9.17, 15) is 0 Å². The Balaban J connectivity index is 0. The molecule has 0 N–H and O–H groups in total. The first-order valence-corrected chi connectivity index (χ1v) is 3.22. The number of rotatable bonds is 1. The Hall–Kier alpha value is 0.290. The molecule has 7 heavy (non-hydrogen) atoms. The highest BCUT2D eigenvalue weighted by atomic mass is 35.5. The third kappa shape index (κ3) is 69.6. The predicted molar refractivity (Wildman–Crippen MR) is 36.7 cm³/mol. The Kier molecular flexibility index (Phi) is 23.9. The van der Waals surface area contributed by atoms with Gasteiger partial charge in [0.05, 0.1) is 0 Å². The van der Waals surface area contributed by atoms with Gasteiger partial charge in [0.15, 0.2) is 0 Å². The lowest BCUT2D eigenvalue weighted by molar-refractivity contribution is 0.956. The summed E-state index contributed by atoms with van der Waals surface area (Å²) in [6.07, 6.45) is 2.28. The van der Waals surface area contributed by atoms with Crippen LogP contribution < -0.4 is 0 Å². The van der Waals surface area contributed by atoms with Crippen LogP contribution in [-0.2, 0) is 0 Å². The van der Waals surface area contributed by atoms with Gasteiger partial charge in [0.2, 0.25) is 0 Å². The fourth-order valence-electron chi connectivity index (χ4n) is 0. The van der Waals surface area contributed by atoms with Crippen molar-refractivity contribution in [1.29, 1.82) is 0 Å². The normalized spacial score (nSPS) is 6.86. The van der Waals surface area contributed by atoms with E-state index in [1.54, 1.807) is 0 Å². The molecule has 0 nitrogen and oxygen atoms in total. The van der Waals surface area contributed by atoms with Gasteiger partial charge in [0.1, 0.15) is 0 Å². The summed E-state index contributed by atoms with van der Waals surface area (Å²) in [6, 6.07) is 0. The molecule has 0 unspecified atom stereocenters. The van der Waals surface area contributed by atoms with Crippen LogP contribution in [0.25, 0.3) is 0 Å². The van der Waals surface area contributed by atoms with Gasteiger partial charge in [-0.05, 0) is 0 Å². The van der Waals surface area contributed by atoms with E-state index in [1.165, 1.54) is 6.42 Å². The van der Waals surface area contributed by atoms with Crippen LogP contribution in [0.5, 0.6) is 0 Å². The van der Waals surface area contributed by atoms with Crippen LogP contribution >= 0.6 is 11.6 Å². The van der Waals surface area contributed by atoms with Crippen molar-refractivity contribution in [2.24, 2.45) is 0 Å². The summed E-state index contributed by atoms with van der Waals surface area (Å²) in [5, 5.41) is 0. The van der Waals surface area contributed by atoms with E-state index in [0.29, 0.717) is 0 Å². The molecule has 0 aromatic carbocycles. The third-order valence-corrected chi connectivity index (χ3v) is 0.354. The molecule has 45 valence electrons. The molecule has 0 amide bonds. The van der Waals surface area contributed by atoms with Gasteiger partial charge in [-0.2, -0.15) is 0 Å². The van der Waals surface area contributed by atoms with Crippen molar-refractivity contribution in [2.75, 3.05) is 5.88 Å². The predicted octanol–water partition coefficient (Wildman–Crippen LogP) is 2.87. The van der Waals surface area contributed by atoms with Crippen LogP contribution in [0.15, 0.2) is 0 Å². The summed E-state index contributed by atoms with van der Waals surface area (Å²) in [6.45, 7) is 7.61. The van der Waals surface area contributed by atoms with Crippen LogP contribution in [-0.4, -0.2) is 5.88 Å². The van der Waals surface area contributed by atoms with Gasteiger partial charge < -0.3 is 0 Å². The molecule has 1 radical (unpaired) electrons. The van der Waals surface area contributed by atoms with E-state index in [1.807, 2.05) is 6.92 Å². The summed E-state index contributed by atoms with van der Waals surface area (Å²) < 4.78 is 0. The minimum absolute atomic E-state index is 0.722. The minimum Gasteiger partial charge on any atom is -0.127 e. The maximum absolute atomic E-state index is 5.00. The first kappa shape index (κ1) is 10.3. The largest absolute Gasteiger partial charge is 0.127 e. The Morgan fingerprint density at radius 3 is 1.57 bits per heavy atom. The average molecular weight is 122 g/mol. The van der Waals surface area contributed by atoms with Crippen LogP contribution in [0.3, 0.4) is 0 Å². The molecule has 0 atom stereocenters. The monoisotopic (exact) mass is 121 g/mol. The highest BCUT2D eigenvalue weighted by Gasteiger charge is 1.56. The maximum Gasteiger partial charge on any atom is 0.0195 e. The number of hydrogen-bond donors (Lipinski definition) is 0. The number of halogens is 1. The quantitative estimate of drug-likeness (QED) is 0.468. The summed E-state index contributed by atoms with van der Waals surface area (Å²) in [7, 11) is 0. The molecule has 0 saturated heterocycles. The molecular formula is C6H14Cl. The van der Waals surface area contributed by atoms with Gasteiger partial charge in [-0.15, -0.1) is 11.6 Å². The first-order valence-electron chi connectivity index (χ1n) is 2.68. The fourth-order valence-corrected chi connectivity index (χ4v) is 0. The van der Waals surface area contributed by atoms with E-state index in [0.717, 1.165) is 12.3 Å². The molecule has 0 rings (SSSR count). The second kappa shape index (κ2) is 16.3. The zero-order valence-corrected chi connectivity index (χ0v) is 5.96. The zero-order chi connectivity index (χ0) is 6.12. The van der Waals surface area contributed by atoms with E-state index >= 15 is 0 Å². The average Bonchev–Trinajstić information content (AvgIpc) is 1.69. The Labute approximate surface area is 51.9 Å². The molecule has 0 aromatic heterocycles. The van der Waals surface area contributed by atoms with E-state index < -0.39 is 0 Å². The standard InChI is InChI=1S/C4H9.C2H5Cl/c1-3-4-2;1-2-3/h1,3-4H2,2H3;2H2,1H3. The SMILES string of the molecule is CCCl.[CH2]CCC. The number of unbranched alkanes of at least 4 members (excludes halogenated alkanes) is 1. The lowest BCUT2D eigenvalue weighted by atomic mass is 10.4. The maximum atomic E-state index is 5.00. The van der Waals surface area contributed by atoms with E-state index in [4.69, 9.17) is 11.6 Å². The van der Waals surface area contributed by atoms with Crippen molar-refractivity contribution in [1.82, 2.24) is 0 Å². The van der Waals surface area contributed by atoms with Gasteiger partial charge in [-0.1, -0.05) is 33.6 Å². The zero-order valence-electron chi connectivity index (χ0n) is 5.21. The Morgan fingerprint density at radius 2 is 1.57 bits per heavy atom. The molecule has 0 aliphatic carbocycles. The Morgan fingerprint density at radius 1 is 1.43 bits per heavy atom. The van der Waals surface area contributed by atoms with Gasteiger partial charge in [0.25, 0.3) is 0 Å². The van der Waals surface area contributed by atoms with Crippen molar-refractivity contribution in [2.45, 2.75) is 26.7 Å². The molecule has 1 heteroatoms. The summed E-state index contributed by atoms with van der Waals surface area (Å²) in [5.41, 5.74) is 0. The second-order valence-electron chi connectivity index (χ2n) is 1.12. The van der Waals surface area contributed by atoms with Gasteiger partial charge >= 0.3 is 0 Å². The first-order chi connectivity index (χ1) is 3.33. The minimum atomic E-state index is 0.722. The van der Waals surface area contributed by atoms with Crippen LogP contribution in [0.4, 0.5) is 0 Å². The lowest BCUT2D eigenvalue weighted by Gasteiger charge is -1.67. The van der Waals surface area contributed by atoms with Gasteiger partial charge in [-0.25, -0.2) is 0 Å². The highest BCUT2D eigenvalue weighted by Crippen LogP contribution is 1.75. The lowest BCUT2D eigenvalue weighted by Crippen LogP contribution is -1.48. The van der Waals surface area contributed by atoms with Crippen molar-refractivity contribution in [3.05, 3.63) is 6.92 Å². The van der Waals surface area contributed by atoms with Crippen LogP contribution in [0.2, 0.25) is 0 Å². The summed E-state index contributed by atoms with van der Waals surface area (Å²) in [5.74, 6) is 0.722. The molecule has 0 spiro atoms. The number of alkyl halides is 1. The molecule has 0 heterocycles. The van der Waals surface area contributed by atoms with Crippen molar-refractivity contribution >= 4 is 11.6 Å². The highest BCUT2D eigenvalue weighted by molar-refractivity contribution is 6.17. The topological polar surface area (TPSA) is 0 Å². The molecular weight excluding hydrogens is 108 g/mol. The second-order valence-corrected chi connectivity index (χ2v) is 1.66. The number of hydrogen-bond acceptors (Lipinski definition) is 0. The molecule has 0 bridgehead atoms. The van der Waals surface area contributed by atoms with Crippen molar-refractivity contribution in [3.63, 3.8) is 0 Å². The summed E-state index contributed by atoms with van der Waals surface area (Å²) in [4.78, 5) is 0. The van der Waals surface area contributed by atoms with Crippen LogP contribution in [0, 0.1) is 6.92 Å².